The van der Waals surface area contributed by atoms with Crippen LogP contribution in [0, 0.1) is 0 Å². The van der Waals surface area contributed by atoms with Crippen LogP contribution in [0.5, 0.6) is 0 Å². The summed E-state index contributed by atoms with van der Waals surface area (Å²) in [6.45, 7) is 1.66. The van der Waals surface area contributed by atoms with E-state index in [0.717, 1.165) is 16.8 Å². The molecule has 0 bridgehead atoms. The van der Waals surface area contributed by atoms with Crippen molar-refractivity contribution in [1.29, 1.82) is 0 Å². The van der Waals surface area contributed by atoms with Gasteiger partial charge in [0.2, 0.25) is 0 Å². The minimum atomic E-state index is -0.758. The monoisotopic (exact) mass is 309 g/mol. The molecule has 0 N–H and O–H groups in total. The SMILES string of the molecule is CC1=CC(O/C=C2\C=C3c4ccccc4N(C)C3C2=O)OC1=O. The molecule has 2 heterocycles. The lowest BCUT2D eigenvalue weighted by atomic mass is 10.1. The molecule has 23 heavy (non-hydrogen) atoms. The van der Waals surface area contributed by atoms with Gasteiger partial charge in [0.25, 0.3) is 6.29 Å². The Kier molecular flexibility index (Phi) is 2.91. The molecule has 5 nitrogen and oxygen atoms in total. The molecular formula is C18H15NO4. The molecule has 116 valence electrons. The van der Waals surface area contributed by atoms with E-state index in [1.54, 1.807) is 13.0 Å². The van der Waals surface area contributed by atoms with E-state index < -0.39 is 12.3 Å². The van der Waals surface area contributed by atoms with Gasteiger partial charge in [0.15, 0.2) is 5.78 Å². The number of fused-ring (bicyclic) bond motifs is 3. The highest BCUT2D eigenvalue weighted by Crippen LogP contribution is 2.44. The van der Waals surface area contributed by atoms with Crippen molar-refractivity contribution in [3.8, 4) is 0 Å². The van der Waals surface area contributed by atoms with Gasteiger partial charge < -0.3 is 14.4 Å². The number of hydrogen-bond acceptors (Lipinski definition) is 5. The lowest BCUT2D eigenvalue weighted by Gasteiger charge is -2.19. The Morgan fingerprint density at radius 3 is 2.78 bits per heavy atom. The van der Waals surface area contributed by atoms with Crippen molar-refractivity contribution < 1.29 is 19.1 Å². The van der Waals surface area contributed by atoms with Crippen LogP contribution in [0.25, 0.3) is 5.57 Å². The number of cyclic esters (lactones) is 1. The number of rotatable bonds is 2. The number of allylic oxidation sites excluding steroid dienone is 1. The fourth-order valence-corrected chi connectivity index (χ4v) is 3.19. The quantitative estimate of drug-likeness (QED) is 0.476. The summed E-state index contributed by atoms with van der Waals surface area (Å²) >= 11 is 0. The van der Waals surface area contributed by atoms with Gasteiger partial charge in [0, 0.05) is 29.9 Å². The highest BCUT2D eigenvalue weighted by atomic mass is 16.7. The van der Waals surface area contributed by atoms with Crippen LogP contribution in [0.4, 0.5) is 5.69 Å². The molecule has 1 aliphatic carbocycles. The molecule has 0 saturated carbocycles. The van der Waals surface area contributed by atoms with Gasteiger partial charge in [-0.05, 0) is 24.6 Å². The molecule has 5 heteroatoms. The number of hydrogen-bond donors (Lipinski definition) is 0. The molecule has 0 spiro atoms. The topological polar surface area (TPSA) is 55.8 Å². The van der Waals surface area contributed by atoms with Crippen molar-refractivity contribution in [2.24, 2.45) is 0 Å². The number of ketones is 1. The second kappa shape index (κ2) is 4.84. The van der Waals surface area contributed by atoms with E-state index >= 15 is 0 Å². The van der Waals surface area contributed by atoms with Crippen LogP contribution in [0.3, 0.4) is 0 Å². The Labute approximate surface area is 133 Å². The van der Waals surface area contributed by atoms with Crippen molar-refractivity contribution >= 4 is 23.0 Å². The molecule has 0 fully saturated rings. The van der Waals surface area contributed by atoms with Crippen molar-refractivity contribution in [3.63, 3.8) is 0 Å². The normalized spacial score (nSPS) is 26.9. The maximum atomic E-state index is 12.6. The Morgan fingerprint density at radius 2 is 2.04 bits per heavy atom. The highest BCUT2D eigenvalue weighted by Gasteiger charge is 2.42. The Balaban J connectivity index is 1.62. The minimum Gasteiger partial charge on any atom is -0.458 e. The number of anilines is 1. The molecule has 2 unspecified atom stereocenters. The summed E-state index contributed by atoms with van der Waals surface area (Å²) in [4.78, 5) is 25.9. The summed E-state index contributed by atoms with van der Waals surface area (Å²) in [7, 11) is 1.91. The summed E-state index contributed by atoms with van der Waals surface area (Å²) in [6.07, 6.45) is 4.07. The maximum Gasteiger partial charge on any atom is 0.336 e. The third-order valence-corrected chi connectivity index (χ3v) is 4.38. The van der Waals surface area contributed by atoms with E-state index in [4.69, 9.17) is 9.47 Å². The Hall–Kier alpha value is -2.82. The van der Waals surface area contributed by atoms with E-state index in [0.29, 0.717) is 11.1 Å². The summed E-state index contributed by atoms with van der Waals surface area (Å²) in [5.74, 6) is -0.404. The van der Waals surface area contributed by atoms with Crippen LogP contribution >= 0.6 is 0 Å². The lowest BCUT2D eigenvalue weighted by Crippen LogP contribution is -2.32. The van der Waals surface area contributed by atoms with Crippen LogP contribution in [0.2, 0.25) is 0 Å². The zero-order chi connectivity index (χ0) is 16.1. The molecule has 4 rings (SSSR count). The van der Waals surface area contributed by atoms with Gasteiger partial charge in [0.05, 0.1) is 11.8 Å². The van der Waals surface area contributed by atoms with Crippen molar-refractivity contribution in [2.45, 2.75) is 19.3 Å². The molecule has 2 aliphatic heterocycles. The minimum absolute atomic E-state index is 0.0104. The van der Waals surface area contributed by atoms with Crippen molar-refractivity contribution in [1.82, 2.24) is 0 Å². The number of para-hydroxylation sites is 1. The predicted molar refractivity (Wildman–Crippen MR) is 84.4 cm³/mol. The van der Waals surface area contributed by atoms with Gasteiger partial charge in [-0.2, -0.15) is 0 Å². The van der Waals surface area contributed by atoms with E-state index in [1.807, 2.05) is 42.3 Å². The molecule has 1 aromatic rings. The van der Waals surface area contributed by atoms with Gasteiger partial charge in [-0.1, -0.05) is 18.2 Å². The van der Waals surface area contributed by atoms with Crippen molar-refractivity contribution in [3.05, 3.63) is 59.4 Å². The van der Waals surface area contributed by atoms with Crippen molar-refractivity contribution in [2.75, 3.05) is 11.9 Å². The molecule has 3 aliphatic rings. The molecule has 1 aromatic carbocycles. The molecule has 0 amide bonds. The third kappa shape index (κ3) is 2.00. The molecule has 0 saturated heterocycles. The molecule has 2 atom stereocenters. The second-order valence-corrected chi connectivity index (χ2v) is 5.83. The van der Waals surface area contributed by atoms with E-state index in [9.17, 15) is 9.59 Å². The maximum absolute atomic E-state index is 12.6. The summed E-state index contributed by atoms with van der Waals surface area (Å²) in [6, 6.07) is 7.65. The summed E-state index contributed by atoms with van der Waals surface area (Å²) < 4.78 is 10.4. The van der Waals surface area contributed by atoms with Crippen LogP contribution in [-0.2, 0) is 19.1 Å². The first kappa shape index (κ1) is 13.8. The van der Waals surface area contributed by atoms with Gasteiger partial charge in [-0.3, -0.25) is 4.79 Å². The average molecular weight is 309 g/mol. The zero-order valence-electron chi connectivity index (χ0n) is 12.8. The number of likely N-dealkylation sites (N-methyl/N-ethyl adjacent to an activating group) is 1. The largest absolute Gasteiger partial charge is 0.458 e. The zero-order valence-corrected chi connectivity index (χ0v) is 12.8. The summed E-state index contributed by atoms with van der Waals surface area (Å²) in [5.41, 5.74) is 4.11. The lowest BCUT2D eigenvalue weighted by molar-refractivity contribution is -0.152. The molecular weight excluding hydrogens is 294 g/mol. The smallest absolute Gasteiger partial charge is 0.336 e. The van der Waals surface area contributed by atoms with Gasteiger partial charge in [-0.25, -0.2) is 4.79 Å². The number of carbonyl (C=O) groups is 2. The average Bonchev–Trinajstić information content (AvgIpc) is 3.13. The van der Waals surface area contributed by atoms with Crippen LogP contribution in [-0.4, -0.2) is 31.1 Å². The Bertz CT molecular complexity index is 818. The van der Waals surface area contributed by atoms with E-state index in [1.165, 1.54) is 6.26 Å². The Morgan fingerprint density at radius 1 is 1.26 bits per heavy atom. The second-order valence-electron chi connectivity index (χ2n) is 5.83. The standard InChI is InChI=1S/C18H15NO4/c1-10-7-15(23-18(10)21)22-9-11-8-13-12-5-3-4-6-14(12)19(2)16(13)17(11)20/h3-9,15-16H,1-2H3/b11-9+. The fourth-order valence-electron chi connectivity index (χ4n) is 3.19. The number of carbonyl (C=O) groups excluding carboxylic acids is 2. The summed E-state index contributed by atoms with van der Waals surface area (Å²) in [5, 5.41) is 0. The van der Waals surface area contributed by atoms with Gasteiger partial charge in [-0.15, -0.1) is 0 Å². The third-order valence-electron chi connectivity index (χ3n) is 4.38. The first-order valence-electron chi connectivity index (χ1n) is 7.39. The first-order chi connectivity index (χ1) is 11.1. The van der Waals surface area contributed by atoms with Crippen LogP contribution in [0.15, 0.2) is 53.8 Å². The van der Waals surface area contributed by atoms with E-state index in [2.05, 4.69) is 0 Å². The number of nitrogens with zero attached hydrogens (tertiary/aromatic N) is 1. The number of benzene rings is 1. The predicted octanol–water partition coefficient (Wildman–Crippen LogP) is 2.20. The number of Topliss-reactive ketones (excluding diaryl/α,β-unsaturated/α-hetero) is 1. The molecule has 0 aromatic heterocycles. The van der Waals surface area contributed by atoms with Gasteiger partial charge >= 0.3 is 5.97 Å². The van der Waals surface area contributed by atoms with Gasteiger partial charge in [0.1, 0.15) is 6.04 Å². The highest BCUT2D eigenvalue weighted by molar-refractivity contribution is 6.20. The van der Waals surface area contributed by atoms with Crippen LogP contribution in [0.1, 0.15) is 12.5 Å². The van der Waals surface area contributed by atoms with Crippen LogP contribution < -0.4 is 4.90 Å². The first-order valence-corrected chi connectivity index (χ1v) is 7.39. The van der Waals surface area contributed by atoms with E-state index in [-0.39, 0.29) is 11.8 Å². The molecule has 0 radical (unpaired) electrons. The number of esters is 1. The fraction of sp³-hybridized carbons (Fsp3) is 0.222. The number of ether oxygens (including phenoxy) is 2.